The minimum absolute atomic E-state index is 0.265. The van der Waals surface area contributed by atoms with Crippen molar-refractivity contribution in [1.82, 2.24) is 10.3 Å². The standard InChI is InChI=1S/C27H22N2O3S.C5H11NO2.C2H6/c1-3-29(4-2)18-13-14-20-22(15-18)32-27(31)25(24(20)19-10-6-5-9-17(19)16-30)26-28-21-11-7-8-12-23(21)33-26;1-6-4-2-3-5(7)8;1-2/h5-16H,3-4H2,1-2H3;6H,2-4H2,1H3,(H,7,8);1-2H3. The van der Waals surface area contributed by atoms with Gasteiger partial charge in [0.2, 0.25) is 0 Å². The highest BCUT2D eigenvalue weighted by Crippen LogP contribution is 2.40. The third kappa shape index (κ3) is 7.94. The second kappa shape index (κ2) is 16.3. The molecule has 0 saturated heterocycles. The highest BCUT2D eigenvalue weighted by molar-refractivity contribution is 7.21. The number of thiazole rings is 1. The van der Waals surface area contributed by atoms with Crippen LogP contribution in [0.15, 0.2) is 75.9 Å². The second-order valence-electron chi connectivity index (χ2n) is 9.28. The van der Waals surface area contributed by atoms with Gasteiger partial charge in [-0.2, -0.15) is 0 Å². The summed E-state index contributed by atoms with van der Waals surface area (Å²) in [6.07, 6.45) is 1.80. The lowest BCUT2D eigenvalue weighted by Gasteiger charge is -2.21. The Morgan fingerprint density at radius 2 is 1.72 bits per heavy atom. The number of aromatic nitrogens is 1. The van der Waals surface area contributed by atoms with Crippen LogP contribution < -0.4 is 15.8 Å². The molecule has 0 unspecified atom stereocenters. The molecule has 3 aromatic carbocycles. The Labute approximate surface area is 256 Å². The van der Waals surface area contributed by atoms with Crippen LogP contribution in [0.3, 0.4) is 0 Å². The number of benzene rings is 3. The number of aliphatic carboxylic acids is 1. The number of carbonyl (C=O) groups is 2. The van der Waals surface area contributed by atoms with Gasteiger partial charge in [0.1, 0.15) is 16.2 Å². The maximum Gasteiger partial charge on any atom is 0.347 e. The Kier molecular flexibility index (Phi) is 12.6. The highest BCUT2D eigenvalue weighted by Gasteiger charge is 2.23. The average Bonchev–Trinajstić information content (AvgIpc) is 3.46. The first kappa shape index (κ1) is 33.2. The maximum atomic E-state index is 13.4. The molecule has 226 valence electrons. The van der Waals surface area contributed by atoms with E-state index in [1.165, 1.54) is 11.3 Å². The number of aldehydes is 1. The molecule has 5 aromatic rings. The summed E-state index contributed by atoms with van der Waals surface area (Å²) in [5, 5.41) is 12.3. The lowest BCUT2D eigenvalue weighted by atomic mass is 9.93. The third-order valence-corrected chi connectivity index (χ3v) is 7.76. The first-order chi connectivity index (χ1) is 20.9. The van der Waals surface area contributed by atoms with E-state index in [1.807, 2.05) is 81.6 Å². The summed E-state index contributed by atoms with van der Waals surface area (Å²) in [4.78, 5) is 42.1. The third-order valence-electron chi connectivity index (χ3n) is 6.70. The molecule has 0 fully saturated rings. The molecule has 0 saturated carbocycles. The van der Waals surface area contributed by atoms with Crippen molar-refractivity contribution in [3.63, 3.8) is 0 Å². The van der Waals surface area contributed by atoms with Crippen LogP contribution in [0, 0.1) is 0 Å². The van der Waals surface area contributed by atoms with Crippen molar-refractivity contribution in [3.8, 4) is 21.7 Å². The molecular formula is C34H39N3O5S. The van der Waals surface area contributed by atoms with Crippen LogP contribution in [0.5, 0.6) is 0 Å². The molecule has 0 radical (unpaired) electrons. The zero-order chi connectivity index (χ0) is 31.4. The minimum atomic E-state index is -0.722. The molecule has 0 atom stereocenters. The van der Waals surface area contributed by atoms with Gasteiger partial charge in [0.15, 0.2) is 6.29 Å². The maximum absolute atomic E-state index is 13.4. The normalized spacial score (nSPS) is 10.4. The molecule has 2 heterocycles. The first-order valence-corrected chi connectivity index (χ1v) is 15.4. The monoisotopic (exact) mass is 601 g/mol. The van der Waals surface area contributed by atoms with E-state index in [9.17, 15) is 14.4 Å². The predicted molar refractivity (Wildman–Crippen MR) is 178 cm³/mol. The zero-order valence-electron chi connectivity index (χ0n) is 25.3. The lowest BCUT2D eigenvalue weighted by molar-refractivity contribution is -0.137. The molecule has 0 aliphatic rings. The molecule has 43 heavy (non-hydrogen) atoms. The van der Waals surface area contributed by atoms with Crippen LogP contribution in [-0.4, -0.2) is 49.0 Å². The zero-order valence-corrected chi connectivity index (χ0v) is 26.2. The van der Waals surface area contributed by atoms with E-state index in [2.05, 4.69) is 24.1 Å². The molecule has 8 nitrogen and oxygen atoms in total. The summed E-state index contributed by atoms with van der Waals surface area (Å²) >= 11 is 1.44. The second-order valence-corrected chi connectivity index (χ2v) is 10.3. The molecule has 0 amide bonds. The summed E-state index contributed by atoms with van der Waals surface area (Å²) in [6, 6.07) is 21.0. The quantitative estimate of drug-likeness (QED) is 0.0962. The minimum Gasteiger partial charge on any atom is -0.481 e. The molecular weight excluding hydrogens is 562 g/mol. The Hall–Kier alpha value is -4.34. The van der Waals surface area contributed by atoms with Crippen LogP contribution in [0.4, 0.5) is 5.69 Å². The Morgan fingerprint density at radius 3 is 2.37 bits per heavy atom. The van der Waals surface area contributed by atoms with Gasteiger partial charge in [0.05, 0.1) is 10.2 Å². The average molecular weight is 602 g/mol. The summed E-state index contributed by atoms with van der Waals surface area (Å²) < 4.78 is 6.84. The highest BCUT2D eigenvalue weighted by atomic mass is 32.1. The van der Waals surface area contributed by atoms with Gasteiger partial charge in [-0.05, 0) is 63.7 Å². The number of carboxylic acids is 1. The predicted octanol–water partition coefficient (Wildman–Crippen LogP) is 7.49. The molecule has 5 rings (SSSR count). The molecule has 0 aliphatic heterocycles. The van der Waals surface area contributed by atoms with Crippen molar-refractivity contribution in [3.05, 3.63) is 82.7 Å². The molecule has 0 spiro atoms. The number of hydrogen-bond acceptors (Lipinski definition) is 8. The Morgan fingerprint density at radius 1 is 1.02 bits per heavy atom. The molecule has 2 aromatic heterocycles. The number of anilines is 1. The first-order valence-electron chi connectivity index (χ1n) is 14.5. The topological polar surface area (TPSA) is 113 Å². The molecule has 9 heteroatoms. The van der Waals surface area contributed by atoms with Gasteiger partial charge >= 0.3 is 11.6 Å². The van der Waals surface area contributed by atoms with E-state index in [4.69, 9.17) is 14.5 Å². The smallest absolute Gasteiger partial charge is 0.347 e. The van der Waals surface area contributed by atoms with E-state index in [0.29, 0.717) is 39.3 Å². The summed E-state index contributed by atoms with van der Waals surface area (Å²) in [6.45, 7) is 10.7. The number of rotatable bonds is 10. The van der Waals surface area contributed by atoms with Gasteiger partial charge in [-0.25, -0.2) is 9.78 Å². The van der Waals surface area contributed by atoms with Crippen molar-refractivity contribution in [2.24, 2.45) is 0 Å². The summed E-state index contributed by atoms with van der Waals surface area (Å²) in [5.41, 5.74) is 4.10. The van der Waals surface area contributed by atoms with Crippen molar-refractivity contribution in [1.29, 1.82) is 0 Å². The fourth-order valence-corrected chi connectivity index (χ4v) is 5.68. The van der Waals surface area contributed by atoms with Gasteiger partial charge in [-0.15, -0.1) is 11.3 Å². The number of fused-ring (bicyclic) bond motifs is 2. The van der Waals surface area contributed by atoms with Gasteiger partial charge in [0, 0.05) is 47.8 Å². The van der Waals surface area contributed by atoms with Crippen molar-refractivity contribution in [2.75, 3.05) is 31.6 Å². The SMILES string of the molecule is CC.CCN(CC)c1ccc2c(-c3ccccc3C=O)c(-c3nc4ccccc4s3)c(=O)oc2c1.CNCCCC(=O)O. The van der Waals surface area contributed by atoms with Gasteiger partial charge < -0.3 is 19.7 Å². The largest absolute Gasteiger partial charge is 0.481 e. The van der Waals surface area contributed by atoms with E-state index < -0.39 is 11.6 Å². The summed E-state index contributed by atoms with van der Waals surface area (Å²) in [7, 11) is 1.81. The van der Waals surface area contributed by atoms with Crippen molar-refractivity contribution < 1.29 is 19.1 Å². The number of nitrogens with one attached hydrogen (secondary N) is 1. The number of carboxylic acid groups (broad SMARTS) is 1. The lowest BCUT2D eigenvalue weighted by Crippen LogP contribution is -2.21. The Bertz CT molecular complexity index is 1690. The van der Waals surface area contributed by atoms with E-state index in [0.717, 1.165) is 47.2 Å². The Balaban J connectivity index is 0.000000441. The van der Waals surface area contributed by atoms with E-state index in [-0.39, 0.29) is 6.42 Å². The van der Waals surface area contributed by atoms with E-state index in [1.54, 1.807) is 6.07 Å². The van der Waals surface area contributed by atoms with Gasteiger partial charge in [-0.3, -0.25) is 9.59 Å². The van der Waals surface area contributed by atoms with Crippen molar-refractivity contribution >= 4 is 50.5 Å². The molecule has 2 N–H and O–H groups in total. The van der Waals surface area contributed by atoms with Crippen molar-refractivity contribution in [2.45, 2.75) is 40.5 Å². The van der Waals surface area contributed by atoms with Crippen LogP contribution in [0.25, 0.3) is 42.9 Å². The number of nitrogens with zero attached hydrogens (tertiary/aromatic N) is 2. The van der Waals surface area contributed by atoms with Gasteiger partial charge in [-0.1, -0.05) is 50.2 Å². The number of hydrogen-bond donors (Lipinski definition) is 2. The number of carbonyl (C=O) groups excluding carboxylic acids is 1. The fraction of sp³-hybridized carbons (Fsp3) is 0.294. The van der Waals surface area contributed by atoms with Crippen LogP contribution in [0.2, 0.25) is 0 Å². The molecule has 0 bridgehead atoms. The van der Waals surface area contributed by atoms with Crippen LogP contribution in [-0.2, 0) is 4.79 Å². The van der Waals surface area contributed by atoms with E-state index >= 15 is 0 Å². The summed E-state index contributed by atoms with van der Waals surface area (Å²) in [5.74, 6) is -0.722. The fourth-order valence-electron chi connectivity index (χ4n) is 4.67. The van der Waals surface area contributed by atoms with Gasteiger partial charge in [0.25, 0.3) is 0 Å². The number of para-hydroxylation sites is 1. The van der Waals surface area contributed by atoms with Crippen LogP contribution in [0.1, 0.15) is 50.9 Å². The molecule has 0 aliphatic carbocycles. The van der Waals surface area contributed by atoms with Crippen LogP contribution >= 0.6 is 11.3 Å².